The lowest BCUT2D eigenvalue weighted by atomic mass is 10.1. The van der Waals surface area contributed by atoms with Crippen molar-refractivity contribution in [1.29, 1.82) is 5.26 Å². The lowest BCUT2D eigenvalue weighted by Gasteiger charge is -2.13. The predicted molar refractivity (Wildman–Crippen MR) is 86.7 cm³/mol. The fourth-order valence-electron chi connectivity index (χ4n) is 2.04. The molecule has 2 rings (SSSR count). The molecule has 0 atom stereocenters. The summed E-state index contributed by atoms with van der Waals surface area (Å²) in [6.07, 6.45) is -3.33. The number of ether oxygens (including phenoxy) is 1. The van der Waals surface area contributed by atoms with Gasteiger partial charge in [0.15, 0.2) is 0 Å². The van der Waals surface area contributed by atoms with E-state index in [-0.39, 0.29) is 5.57 Å². The molecule has 0 bridgehead atoms. The Balaban J connectivity index is 2.27. The number of benzene rings is 2. The van der Waals surface area contributed by atoms with E-state index in [1.807, 2.05) is 0 Å². The molecule has 4 nitrogen and oxygen atoms in total. The van der Waals surface area contributed by atoms with E-state index in [1.165, 1.54) is 25.3 Å². The number of hydrogen-bond acceptors (Lipinski definition) is 3. The molecule has 0 spiro atoms. The first-order valence-corrected chi connectivity index (χ1v) is 7.08. The third-order valence-corrected chi connectivity index (χ3v) is 3.27. The van der Waals surface area contributed by atoms with Crippen molar-refractivity contribution in [2.75, 3.05) is 12.4 Å². The summed E-state index contributed by atoms with van der Waals surface area (Å²) in [4.78, 5) is 12.2. The molecule has 0 aromatic heterocycles. The molecule has 0 aliphatic heterocycles. The van der Waals surface area contributed by atoms with Crippen molar-refractivity contribution in [3.8, 4) is 11.8 Å². The molecular weight excluding hydrogens is 333 g/mol. The number of amides is 1. The molecule has 0 radical (unpaired) electrons. The van der Waals surface area contributed by atoms with Crippen molar-refractivity contribution in [1.82, 2.24) is 0 Å². The Hall–Kier alpha value is -3.27. The number of methoxy groups -OCH3 is 1. The maximum Gasteiger partial charge on any atom is 0.418 e. The molecule has 0 fully saturated rings. The lowest BCUT2D eigenvalue weighted by molar-refractivity contribution is -0.137. The van der Waals surface area contributed by atoms with Crippen LogP contribution in [0.15, 0.2) is 54.1 Å². The molecule has 0 saturated carbocycles. The smallest absolute Gasteiger partial charge is 0.418 e. The topological polar surface area (TPSA) is 62.1 Å². The van der Waals surface area contributed by atoms with Gasteiger partial charge in [-0.2, -0.15) is 18.4 Å². The average Bonchev–Trinajstić information content (AvgIpc) is 2.59. The van der Waals surface area contributed by atoms with Gasteiger partial charge in [-0.15, -0.1) is 0 Å². The minimum absolute atomic E-state index is 0.317. The summed E-state index contributed by atoms with van der Waals surface area (Å²) in [5, 5.41) is 11.3. The fourth-order valence-corrected chi connectivity index (χ4v) is 2.04. The van der Waals surface area contributed by atoms with E-state index in [0.717, 1.165) is 12.1 Å². The van der Waals surface area contributed by atoms with Crippen molar-refractivity contribution in [2.24, 2.45) is 0 Å². The van der Waals surface area contributed by atoms with Crippen molar-refractivity contribution >= 4 is 17.7 Å². The molecule has 1 N–H and O–H groups in total. The number of carbonyl (C=O) groups is 1. The molecule has 0 aliphatic rings. The summed E-state index contributed by atoms with van der Waals surface area (Å²) in [5.41, 5.74) is -1.17. The number of nitriles is 1. The van der Waals surface area contributed by atoms with E-state index >= 15 is 0 Å². The predicted octanol–water partition coefficient (Wildman–Crippen LogP) is 4.26. The third-order valence-electron chi connectivity index (χ3n) is 3.27. The molecular formula is C18H13F3N2O2. The van der Waals surface area contributed by atoms with Gasteiger partial charge in [-0.3, -0.25) is 4.79 Å². The number of rotatable bonds is 4. The number of hydrogen-bond donors (Lipinski definition) is 1. The van der Waals surface area contributed by atoms with Gasteiger partial charge in [-0.05, 0) is 35.9 Å². The van der Waals surface area contributed by atoms with Crippen molar-refractivity contribution < 1.29 is 22.7 Å². The van der Waals surface area contributed by atoms with E-state index in [4.69, 9.17) is 10.00 Å². The van der Waals surface area contributed by atoms with Crippen LogP contribution in [-0.2, 0) is 11.0 Å². The second kappa shape index (κ2) is 7.53. The molecule has 2 aromatic rings. The summed E-state index contributed by atoms with van der Waals surface area (Å²) < 4.78 is 43.9. The van der Waals surface area contributed by atoms with Crippen LogP contribution in [0.1, 0.15) is 11.1 Å². The van der Waals surface area contributed by atoms with E-state index in [9.17, 15) is 18.0 Å². The highest BCUT2D eigenvalue weighted by Gasteiger charge is 2.33. The Kier molecular flexibility index (Phi) is 5.45. The lowest BCUT2D eigenvalue weighted by Crippen LogP contribution is -2.17. The van der Waals surface area contributed by atoms with Gasteiger partial charge < -0.3 is 10.1 Å². The van der Waals surface area contributed by atoms with Crippen LogP contribution in [-0.4, -0.2) is 13.0 Å². The molecule has 1 amide bonds. The Bertz CT molecular complexity index is 835. The maximum absolute atomic E-state index is 13.0. The highest BCUT2D eigenvalue weighted by molar-refractivity contribution is 6.10. The normalized spacial score (nSPS) is 11.6. The van der Waals surface area contributed by atoms with Crippen LogP contribution in [0.2, 0.25) is 0 Å². The molecule has 0 aliphatic carbocycles. The highest BCUT2D eigenvalue weighted by atomic mass is 19.4. The maximum atomic E-state index is 13.0. The van der Waals surface area contributed by atoms with Crippen LogP contribution in [0, 0.1) is 11.3 Å². The zero-order valence-corrected chi connectivity index (χ0v) is 13.1. The van der Waals surface area contributed by atoms with Gasteiger partial charge >= 0.3 is 6.18 Å². The highest BCUT2D eigenvalue weighted by Crippen LogP contribution is 2.34. The van der Waals surface area contributed by atoms with Gasteiger partial charge in [0.2, 0.25) is 0 Å². The zero-order chi connectivity index (χ0) is 18.4. The second-order valence-electron chi connectivity index (χ2n) is 4.94. The average molecular weight is 346 g/mol. The molecule has 0 heterocycles. The molecule has 25 heavy (non-hydrogen) atoms. The minimum atomic E-state index is -4.61. The number of alkyl halides is 3. The molecule has 0 unspecified atom stereocenters. The van der Waals surface area contributed by atoms with Crippen molar-refractivity contribution in [3.05, 3.63) is 65.2 Å². The first-order chi connectivity index (χ1) is 11.8. The van der Waals surface area contributed by atoms with E-state index < -0.39 is 23.3 Å². The summed E-state index contributed by atoms with van der Waals surface area (Å²) in [6, 6.07) is 12.8. The molecule has 128 valence electrons. The third kappa shape index (κ3) is 4.61. The first kappa shape index (κ1) is 18.1. The summed E-state index contributed by atoms with van der Waals surface area (Å²) >= 11 is 0. The quantitative estimate of drug-likeness (QED) is 0.665. The fraction of sp³-hybridized carbons (Fsp3) is 0.111. The van der Waals surface area contributed by atoms with E-state index in [0.29, 0.717) is 11.3 Å². The summed E-state index contributed by atoms with van der Waals surface area (Å²) in [5.74, 6) is -0.325. The van der Waals surface area contributed by atoms with Crippen molar-refractivity contribution in [2.45, 2.75) is 6.18 Å². The largest absolute Gasteiger partial charge is 0.497 e. The van der Waals surface area contributed by atoms with Crippen LogP contribution in [0.3, 0.4) is 0 Å². The van der Waals surface area contributed by atoms with Gasteiger partial charge in [-0.25, -0.2) is 0 Å². The Morgan fingerprint density at radius 1 is 1.16 bits per heavy atom. The van der Waals surface area contributed by atoms with E-state index in [1.54, 1.807) is 30.3 Å². The van der Waals surface area contributed by atoms with Gasteiger partial charge in [-0.1, -0.05) is 24.3 Å². The monoisotopic (exact) mass is 346 g/mol. The molecule has 0 saturated heterocycles. The number of carbonyl (C=O) groups excluding carboxylic acids is 1. The van der Waals surface area contributed by atoms with Gasteiger partial charge in [0, 0.05) is 0 Å². The molecule has 2 aromatic carbocycles. The van der Waals surface area contributed by atoms with Crippen LogP contribution in [0.5, 0.6) is 5.75 Å². The van der Waals surface area contributed by atoms with Gasteiger partial charge in [0.25, 0.3) is 5.91 Å². The summed E-state index contributed by atoms with van der Waals surface area (Å²) in [7, 11) is 1.50. The zero-order valence-electron chi connectivity index (χ0n) is 13.1. The Labute approximate surface area is 142 Å². The minimum Gasteiger partial charge on any atom is -0.497 e. The number of anilines is 1. The van der Waals surface area contributed by atoms with Crippen molar-refractivity contribution in [3.63, 3.8) is 0 Å². The van der Waals surface area contributed by atoms with Crippen LogP contribution < -0.4 is 10.1 Å². The Morgan fingerprint density at radius 3 is 2.36 bits per heavy atom. The van der Waals surface area contributed by atoms with E-state index in [2.05, 4.69) is 5.32 Å². The standard InChI is InChI=1S/C18H13F3N2O2/c1-25-14-8-6-12(7-9-14)10-13(11-22)17(24)23-16-5-3-2-4-15(16)18(19,20)21/h2-10H,1H3,(H,23,24)/b13-10-. The second-order valence-corrected chi connectivity index (χ2v) is 4.94. The van der Waals surface area contributed by atoms with Crippen LogP contribution >= 0.6 is 0 Å². The number of halogens is 3. The number of nitrogens with one attached hydrogen (secondary N) is 1. The number of para-hydroxylation sites is 1. The number of nitrogens with zero attached hydrogens (tertiary/aromatic N) is 1. The molecule has 7 heteroatoms. The van der Waals surface area contributed by atoms with Crippen LogP contribution in [0.25, 0.3) is 6.08 Å². The SMILES string of the molecule is COc1ccc(/C=C(/C#N)C(=O)Nc2ccccc2C(F)(F)F)cc1. The summed E-state index contributed by atoms with van der Waals surface area (Å²) in [6.45, 7) is 0. The van der Waals surface area contributed by atoms with Gasteiger partial charge in [0.1, 0.15) is 17.4 Å². The van der Waals surface area contributed by atoms with Crippen LogP contribution in [0.4, 0.5) is 18.9 Å². The Morgan fingerprint density at radius 2 is 1.80 bits per heavy atom. The van der Waals surface area contributed by atoms with Gasteiger partial charge in [0.05, 0.1) is 18.4 Å². The first-order valence-electron chi connectivity index (χ1n) is 7.08.